The molecular formula is C18H27N3. The average Bonchev–Trinajstić information content (AvgIpc) is 2.96. The van der Waals surface area contributed by atoms with Crippen molar-refractivity contribution in [1.29, 1.82) is 0 Å². The van der Waals surface area contributed by atoms with E-state index in [4.69, 9.17) is 0 Å². The Morgan fingerprint density at radius 1 is 1.38 bits per heavy atom. The van der Waals surface area contributed by atoms with E-state index in [9.17, 15) is 0 Å². The SMILES string of the molecule is CC1CCCN(C(C)CNCc2cccc3[nH]ccc23)C1. The van der Waals surface area contributed by atoms with Crippen molar-refractivity contribution in [2.45, 2.75) is 39.3 Å². The minimum Gasteiger partial charge on any atom is -0.361 e. The van der Waals surface area contributed by atoms with Gasteiger partial charge >= 0.3 is 0 Å². The molecule has 3 rings (SSSR count). The van der Waals surface area contributed by atoms with Crippen LogP contribution in [0.5, 0.6) is 0 Å². The molecule has 0 spiro atoms. The van der Waals surface area contributed by atoms with Gasteiger partial charge in [0, 0.05) is 42.8 Å². The molecule has 21 heavy (non-hydrogen) atoms. The molecule has 1 saturated heterocycles. The number of hydrogen-bond donors (Lipinski definition) is 2. The van der Waals surface area contributed by atoms with E-state index >= 15 is 0 Å². The van der Waals surface area contributed by atoms with Crippen molar-refractivity contribution >= 4 is 10.9 Å². The molecule has 1 aromatic carbocycles. The number of rotatable bonds is 5. The summed E-state index contributed by atoms with van der Waals surface area (Å²) in [6.07, 6.45) is 4.77. The standard InChI is InChI=1S/C18H27N3/c1-14-5-4-10-21(13-14)15(2)11-19-12-16-6-3-7-18-17(16)8-9-20-18/h3,6-9,14-15,19-20H,4-5,10-13H2,1-2H3. The van der Waals surface area contributed by atoms with Gasteiger partial charge in [-0.15, -0.1) is 0 Å². The number of benzene rings is 1. The van der Waals surface area contributed by atoms with Gasteiger partial charge in [0.05, 0.1) is 0 Å². The van der Waals surface area contributed by atoms with Crippen LogP contribution in [-0.2, 0) is 6.54 Å². The van der Waals surface area contributed by atoms with Crippen LogP contribution in [0.1, 0.15) is 32.3 Å². The Morgan fingerprint density at radius 2 is 2.29 bits per heavy atom. The molecule has 0 radical (unpaired) electrons. The van der Waals surface area contributed by atoms with Gasteiger partial charge in [-0.2, -0.15) is 0 Å². The Hall–Kier alpha value is -1.32. The van der Waals surface area contributed by atoms with Gasteiger partial charge in [-0.3, -0.25) is 4.90 Å². The number of piperidine rings is 1. The van der Waals surface area contributed by atoms with Crippen molar-refractivity contribution in [3.05, 3.63) is 36.0 Å². The highest BCUT2D eigenvalue weighted by Crippen LogP contribution is 2.18. The first kappa shape index (κ1) is 14.6. The van der Waals surface area contributed by atoms with E-state index in [0.29, 0.717) is 6.04 Å². The lowest BCUT2D eigenvalue weighted by Gasteiger charge is -2.35. The second kappa shape index (κ2) is 6.63. The lowest BCUT2D eigenvalue weighted by molar-refractivity contribution is 0.136. The molecule has 3 heteroatoms. The largest absolute Gasteiger partial charge is 0.361 e. The first-order chi connectivity index (χ1) is 10.2. The van der Waals surface area contributed by atoms with E-state index in [1.165, 1.54) is 42.4 Å². The van der Waals surface area contributed by atoms with Gasteiger partial charge in [-0.25, -0.2) is 0 Å². The second-order valence-corrected chi connectivity index (χ2v) is 6.58. The Kier molecular flexibility index (Phi) is 4.61. The fourth-order valence-corrected chi connectivity index (χ4v) is 3.48. The lowest BCUT2D eigenvalue weighted by atomic mass is 9.99. The summed E-state index contributed by atoms with van der Waals surface area (Å²) in [5, 5.41) is 4.98. The van der Waals surface area contributed by atoms with Crippen LogP contribution in [-0.4, -0.2) is 35.6 Å². The highest BCUT2D eigenvalue weighted by Gasteiger charge is 2.20. The number of H-pyrrole nitrogens is 1. The Morgan fingerprint density at radius 3 is 3.14 bits per heavy atom. The molecule has 2 aromatic rings. The maximum absolute atomic E-state index is 3.64. The topological polar surface area (TPSA) is 31.1 Å². The third-order valence-electron chi connectivity index (χ3n) is 4.75. The van der Waals surface area contributed by atoms with E-state index in [-0.39, 0.29) is 0 Å². The zero-order valence-corrected chi connectivity index (χ0v) is 13.2. The summed E-state index contributed by atoms with van der Waals surface area (Å²) in [5.74, 6) is 0.856. The highest BCUT2D eigenvalue weighted by molar-refractivity contribution is 5.82. The number of likely N-dealkylation sites (tertiary alicyclic amines) is 1. The average molecular weight is 285 g/mol. The van der Waals surface area contributed by atoms with Crippen LogP contribution in [0.15, 0.2) is 30.5 Å². The fourth-order valence-electron chi connectivity index (χ4n) is 3.48. The Bertz CT molecular complexity index is 575. The van der Waals surface area contributed by atoms with E-state index < -0.39 is 0 Å². The summed E-state index contributed by atoms with van der Waals surface area (Å²) < 4.78 is 0. The van der Waals surface area contributed by atoms with Gasteiger partial charge in [0.15, 0.2) is 0 Å². The maximum Gasteiger partial charge on any atom is 0.0457 e. The lowest BCUT2D eigenvalue weighted by Crippen LogP contribution is -2.45. The molecule has 1 aromatic heterocycles. The van der Waals surface area contributed by atoms with Crippen LogP contribution in [0, 0.1) is 5.92 Å². The molecule has 2 heterocycles. The van der Waals surface area contributed by atoms with Crippen molar-refractivity contribution in [3.63, 3.8) is 0 Å². The number of aromatic nitrogens is 1. The normalized spacial score (nSPS) is 21.7. The molecule has 0 amide bonds. The molecule has 0 aliphatic carbocycles. The first-order valence-electron chi connectivity index (χ1n) is 8.24. The van der Waals surface area contributed by atoms with Crippen molar-refractivity contribution in [2.75, 3.05) is 19.6 Å². The van der Waals surface area contributed by atoms with Gasteiger partial charge in [-0.1, -0.05) is 19.1 Å². The van der Waals surface area contributed by atoms with Crippen molar-refractivity contribution in [1.82, 2.24) is 15.2 Å². The third kappa shape index (κ3) is 3.47. The molecular weight excluding hydrogens is 258 g/mol. The first-order valence-corrected chi connectivity index (χ1v) is 8.24. The summed E-state index contributed by atoms with van der Waals surface area (Å²) in [7, 11) is 0. The predicted octanol–water partition coefficient (Wildman–Crippen LogP) is 3.38. The molecule has 3 nitrogen and oxygen atoms in total. The number of nitrogens with one attached hydrogen (secondary N) is 2. The van der Waals surface area contributed by atoms with Gasteiger partial charge < -0.3 is 10.3 Å². The smallest absolute Gasteiger partial charge is 0.0457 e. The molecule has 2 unspecified atom stereocenters. The predicted molar refractivity (Wildman–Crippen MR) is 89.4 cm³/mol. The van der Waals surface area contributed by atoms with Crippen LogP contribution in [0.3, 0.4) is 0 Å². The Labute approximate surface area is 127 Å². The summed E-state index contributed by atoms with van der Waals surface area (Å²) in [6, 6.07) is 9.28. The monoisotopic (exact) mass is 285 g/mol. The van der Waals surface area contributed by atoms with E-state index in [2.05, 4.69) is 53.3 Å². The van der Waals surface area contributed by atoms with Crippen molar-refractivity contribution in [2.24, 2.45) is 5.92 Å². The highest BCUT2D eigenvalue weighted by atomic mass is 15.2. The number of hydrogen-bond acceptors (Lipinski definition) is 2. The van der Waals surface area contributed by atoms with Gasteiger partial charge in [-0.05, 0) is 49.9 Å². The molecule has 1 fully saturated rings. The molecule has 1 aliphatic rings. The fraction of sp³-hybridized carbons (Fsp3) is 0.556. The number of aromatic amines is 1. The van der Waals surface area contributed by atoms with E-state index in [0.717, 1.165) is 19.0 Å². The van der Waals surface area contributed by atoms with Crippen LogP contribution in [0.25, 0.3) is 10.9 Å². The van der Waals surface area contributed by atoms with Crippen LogP contribution >= 0.6 is 0 Å². The van der Waals surface area contributed by atoms with Crippen molar-refractivity contribution < 1.29 is 0 Å². The maximum atomic E-state index is 3.64. The molecule has 0 saturated carbocycles. The van der Waals surface area contributed by atoms with Gasteiger partial charge in [0.25, 0.3) is 0 Å². The van der Waals surface area contributed by atoms with Gasteiger partial charge in [0.1, 0.15) is 0 Å². The Balaban J connectivity index is 1.52. The van der Waals surface area contributed by atoms with Crippen LogP contribution in [0.2, 0.25) is 0 Å². The molecule has 2 atom stereocenters. The zero-order chi connectivity index (χ0) is 14.7. The summed E-state index contributed by atoms with van der Waals surface area (Å²) in [5.41, 5.74) is 2.61. The van der Waals surface area contributed by atoms with Crippen LogP contribution in [0.4, 0.5) is 0 Å². The molecule has 0 bridgehead atoms. The minimum absolute atomic E-state index is 0.623. The minimum atomic E-state index is 0.623. The quantitative estimate of drug-likeness (QED) is 0.882. The van der Waals surface area contributed by atoms with Gasteiger partial charge in [0.2, 0.25) is 0 Å². The van der Waals surface area contributed by atoms with E-state index in [1.807, 2.05) is 6.20 Å². The molecule has 2 N–H and O–H groups in total. The summed E-state index contributed by atoms with van der Waals surface area (Å²) in [6.45, 7) is 9.26. The number of fused-ring (bicyclic) bond motifs is 1. The summed E-state index contributed by atoms with van der Waals surface area (Å²) in [4.78, 5) is 5.92. The second-order valence-electron chi connectivity index (χ2n) is 6.58. The third-order valence-corrected chi connectivity index (χ3v) is 4.75. The zero-order valence-electron chi connectivity index (χ0n) is 13.2. The van der Waals surface area contributed by atoms with Crippen LogP contribution < -0.4 is 5.32 Å². The summed E-state index contributed by atoms with van der Waals surface area (Å²) >= 11 is 0. The van der Waals surface area contributed by atoms with Crippen molar-refractivity contribution in [3.8, 4) is 0 Å². The molecule has 1 aliphatic heterocycles. The number of nitrogens with zero attached hydrogens (tertiary/aromatic N) is 1. The molecule has 114 valence electrons. The van der Waals surface area contributed by atoms with E-state index in [1.54, 1.807) is 0 Å².